The van der Waals surface area contributed by atoms with Crippen molar-refractivity contribution in [2.24, 2.45) is 5.92 Å². The molecule has 0 radical (unpaired) electrons. The normalized spacial score (nSPS) is 24.5. The Morgan fingerprint density at radius 3 is 2.68 bits per heavy atom. The van der Waals surface area contributed by atoms with Gasteiger partial charge in [-0.15, -0.1) is 0 Å². The molecule has 6 nitrogen and oxygen atoms in total. The van der Waals surface area contributed by atoms with Crippen molar-refractivity contribution in [3.63, 3.8) is 0 Å². The number of nitrogens with one attached hydrogen (secondary N) is 2. The average Bonchev–Trinajstić information content (AvgIpc) is 3.17. The van der Waals surface area contributed by atoms with Crippen molar-refractivity contribution in [1.29, 1.82) is 0 Å². The Morgan fingerprint density at radius 2 is 1.92 bits per heavy atom. The van der Waals surface area contributed by atoms with Crippen molar-refractivity contribution in [2.45, 2.75) is 69.7 Å². The number of aromatic amines is 1. The Hall–Kier alpha value is -1.85. The van der Waals surface area contributed by atoms with Gasteiger partial charge in [-0.3, -0.25) is 14.7 Å². The van der Waals surface area contributed by atoms with Crippen LogP contribution in [0.4, 0.5) is 0 Å². The zero-order valence-corrected chi connectivity index (χ0v) is 14.8. The standard InChI is InChI=1S/C19H28N4O2/c24-18(20-11-13-5-2-1-3-6-13)16-7-4-10-23(16)19(25)15-12-21-22-17(15)14-8-9-14/h12-14,16H,1-11H2,(H,20,24)(H,21,22). The maximum atomic E-state index is 13.0. The van der Waals surface area contributed by atoms with E-state index in [4.69, 9.17) is 0 Å². The van der Waals surface area contributed by atoms with Crippen molar-refractivity contribution in [3.8, 4) is 0 Å². The summed E-state index contributed by atoms with van der Waals surface area (Å²) in [5, 5.41) is 10.2. The largest absolute Gasteiger partial charge is 0.354 e. The Kier molecular flexibility index (Phi) is 4.77. The van der Waals surface area contributed by atoms with Crippen LogP contribution in [0, 0.1) is 5.92 Å². The van der Waals surface area contributed by atoms with Crippen LogP contribution in [-0.4, -0.2) is 46.0 Å². The molecule has 2 N–H and O–H groups in total. The zero-order valence-electron chi connectivity index (χ0n) is 14.8. The van der Waals surface area contributed by atoms with Crippen molar-refractivity contribution < 1.29 is 9.59 Å². The van der Waals surface area contributed by atoms with Crippen molar-refractivity contribution >= 4 is 11.8 Å². The number of likely N-dealkylation sites (tertiary alicyclic amines) is 1. The van der Waals surface area contributed by atoms with E-state index in [0.717, 1.165) is 37.9 Å². The van der Waals surface area contributed by atoms with E-state index < -0.39 is 0 Å². The highest BCUT2D eigenvalue weighted by molar-refractivity contribution is 5.98. The number of aromatic nitrogens is 2. The number of carbonyl (C=O) groups excluding carboxylic acids is 2. The van der Waals surface area contributed by atoms with Crippen LogP contribution in [-0.2, 0) is 4.79 Å². The second-order valence-electron chi connectivity index (χ2n) is 7.88. The summed E-state index contributed by atoms with van der Waals surface area (Å²) < 4.78 is 0. The number of hydrogen-bond acceptors (Lipinski definition) is 3. The third-order valence-electron chi connectivity index (χ3n) is 5.99. The fraction of sp³-hybridized carbons (Fsp3) is 0.737. The lowest BCUT2D eigenvalue weighted by atomic mass is 9.89. The first-order valence-corrected chi connectivity index (χ1v) is 9.86. The van der Waals surface area contributed by atoms with E-state index in [1.165, 1.54) is 32.1 Å². The van der Waals surface area contributed by atoms with E-state index in [1.54, 1.807) is 11.1 Å². The Balaban J connectivity index is 1.38. The molecule has 3 aliphatic rings. The van der Waals surface area contributed by atoms with Gasteiger partial charge in [0.2, 0.25) is 5.91 Å². The van der Waals surface area contributed by atoms with E-state index >= 15 is 0 Å². The molecule has 0 bridgehead atoms. The molecule has 1 aliphatic heterocycles. The predicted octanol–water partition coefficient (Wildman–Crippen LogP) is 2.59. The molecule has 2 amide bonds. The lowest BCUT2D eigenvalue weighted by Crippen LogP contribution is -2.47. The van der Waals surface area contributed by atoms with Gasteiger partial charge in [-0.25, -0.2) is 0 Å². The topological polar surface area (TPSA) is 78.1 Å². The Labute approximate surface area is 148 Å². The minimum Gasteiger partial charge on any atom is -0.354 e. The fourth-order valence-electron chi connectivity index (χ4n) is 4.34. The lowest BCUT2D eigenvalue weighted by molar-refractivity contribution is -0.125. The number of amides is 2. The van der Waals surface area contributed by atoms with Crippen LogP contribution < -0.4 is 5.32 Å². The molecule has 2 aliphatic carbocycles. The molecule has 136 valence electrons. The lowest BCUT2D eigenvalue weighted by Gasteiger charge is -2.26. The van der Waals surface area contributed by atoms with Gasteiger partial charge in [0, 0.05) is 19.0 Å². The SMILES string of the molecule is O=C(NCC1CCCCC1)C1CCCN1C(=O)c1cn[nH]c1C1CC1. The molecule has 6 heteroatoms. The third kappa shape index (κ3) is 3.58. The maximum Gasteiger partial charge on any atom is 0.258 e. The second-order valence-corrected chi connectivity index (χ2v) is 7.88. The van der Waals surface area contributed by atoms with Crippen molar-refractivity contribution in [3.05, 3.63) is 17.5 Å². The second kappa shape index (κ2) is 7.18. The summed E-state index contributed by atoms with van der Waals surface area (Å²) in [7, 11) is 0. The van der Waals surface area contributed by atoms with Gasteiger partial charge in [0.05, 0.1) is 17.5 Å². The molecule has 2 saturated carbocycles. The van der Waals surface area contributed by atoms with E-state index in [2.05, 4.69) is 15.5 Å². The summed E-state index contributed by atoms with van der Waals surface area (Å²) >= 11 is 0. The van der Waals surface area contributed by atoms with E-state index in [9.17, 15) is 9.59 Å². The van der Waals surface area contributed by atoms with Crippen LogP contribution in [0.2, 0.25) is 0 Å². The maximum absolute atomic E-state index is 13.0. The molecule has 1 aromatic heterocycles. The predicted molar refractivity (Wildman–Crippen MR) is 94.2 cm³/mol. The smallest absolute Gasteiger partial charge is 0.258 e. The van der Waals surface area contributed by atoms with Crippen LogP contribution >= 0.6 is 0 Å². The minimum atomic E-state index is -0.321. The summed E-state index contributed by atoms with van der Waals surface area (Å²) in [6, 6.07) is -0.321. The van der Waals surface area contributed by atoms with Gasteiger partial charge in [0.1, 0.15) is 6.04 Å². The third-order valence-corrected chi connectivity index (χ3v) is 5.99. The quantitative estimate of drug-likeness (QED) is 0.862. The first-order valence-electron chi connectivity index (χ1n) is 9.86. The summed E-state index contributed by atoms with van der Waals surface area (Å²) in [5.41, 5.74) is 1.62. The Morgan fingerprint density at radius 1 is 1.12 bits per heavy atom. The molecular weight excluding hydrogens is 316 g/mol. The van der Waals surface area contributed by atoms with Crippen molar-refractivity contribution in [1.82, 2.24) is 20.4 Å². The highest BCUT2D eigenvalue weighted by Gasteiger charge is 2.38. The minimum absolute atomic E-state index is 0.0212. The van der Waals surface area contributed by atoms with E-state index in [0.29, 0.717) is 23.9 Å². The number of nitrogens with zero attached hydrogens (tertiary/aromatic N) is 2. The molecule has 1 atom stereocenters. The summed E-state index contributed by atoms with van der Waals surface area (Å²) in [6.45, 7) is 1.42. The summed E-state index contributed by atoms with van der Waals surface area (Å²) in [5.74, 6) is 1.04. The van der Waals surface area contributed by atoms with Gasteiger partial charge in [0.25, 0.3) is 5.91 Å². The monoisotopic (exact) mass is 344 g/mol. The van der Waals surface area contributed by atoms with Crippen LogP contribution in [0.15, 0.2) is 6.20 Å². The van der Waals surface area contributed by atoms with Crippen LogP contribution in [0.1, 0.15) is 79.8 Å². The van der Waals surface area contributed by atoms with Gasteiger partial charge in [-0.2, -0.15) is 5.10 Å². The van der Waals surface area contributed by atoms with Crippen LogP contribution in [0.3, 0.4) is 0 Å². The Bertz CT molecular complexity index is 631. The first kappa shape index (κ1) is 16.6. The summed E-state index contributed by atoms with van der Waals surface area (Å²) in [4.78, 5) is 27.4. The number of carbonyl (C=O) groups is 2. The van der Waals surface area contributed by atoms with Crippen molar-refractivity contribution in [2.75, 3.05) is 13.1 Å². The molecule has 0 aromatic carbocycles. The van der Waals surface area contributed by atoms with Gasteiger partial charge in [-0.05, 0) is 44.4 Å². The average molecular weight is 344 g/mol. The molecule has 3 fully saturated rings. The highest BCUT2D eigenvalue weighted by atomic mass is 16.2. The molecule has 1 aromatic rings. The van der Waals surface area contributed by atoms with Gasteiger partial charge in [0.15, 0.2) is 0 Å². The van der Waals surface area contributed by atoms with Gasteiger partial charge >= 0.3 is 0 Å². The van der Waals surface area contributed by atoms with E-state index in [-0.39, 0.29) is 17.9 Å². The fourth-order valence-corrected chi connectivity index (χ4v) is 4.34. The molecule has 4 rings (SSSR count). The molecule has 1 saturated heterocycles. The summed E-state index contributed by atoms with van der Waals surface area (Å²) in [6.07, 6.45) is 11.8. The molecule has 1 unspecified atom stereocenters. The van der Waals surface area contributed by atoms with Gasteiger partial charge < -0.3 is 10.2 Å². The van der Waals surface area contributed by atoms with Crippen LogP contribution in [0.25, 0.3) is 0 Å². The molecule has 2 heterocycles. The molecule has 0 spiro atoms. The molecule has 25 heavy (non-hydrogen) atoms. The van der Waals surface area contributed by atoms with Crippen LogP contribution in [0.5, 0.6) is 0 Å². The first-order chi connectivity index (χ1) is 12.2. The van der Waals surface area contributed by atoms with E-state index in [1.807, 2.05) is 0 Å². The van der Waals surface area contributed by atoms with Gasteiger partial charge in [-0.1, -0.05) is 19.3 Å². The number of H-pyrrole nitrogens is 1. The number of hydrogen-bond donors (Lipinski definition) is 2. The molecular formula is C19H28N4O2. The zero-order chi connectivity index (χ0) is 17.2. The number of rotatable bonds is 5. The highest BCUT2D eigenvalue weighted by Crippen LogP contribution is 2.41.